The quantitative estimate of drug-likeness (QED) is 0.885. The Morgan fingerprint density at radius 3 is 2.74 bits per heavy atom. The molecule has 144 valence electrons. The van der Waals surface area contributed by atoms with E-state index in [9.17, 15) is 9.59 Å². The number of rotatable bonds is 4. The third-order valence-electron chi connectivity index (χ3n) is 5.56. The molecular formula is C20H26N4O3. The number of pyridine rings is 1. The Morgan fingerprint density at radius 2 is 1.96 bits per heavy atom. The fourth-order valence-electron chi connectivity index (χ4n) is 3.96. The van der Waals surface area contributed by atoms with E-state index in [1.807, 2.05) is 18.2 Å². The molecule has 2 fully saturated rings. The molecule has 2 aliphatic heterocycles. The summed E-state index contributed by atoms with van der Waals surface area (Å²) in [5.74, 6) is 1.28. The maximum absolute atomic E-state index is 12.3. The Balaban J connectivity index is 1.32. The summed E-state index contributed by atoms with van der Waals surface area (Å²) in [6.45, 7) is 3.12. The lowest BCUT2D eigenvalue weighted by atomic mass is 9.93. The van der Waals surface area contributed by atoms with Gasteiger partial charge in [0.1, 0.15) is 11.5 Å². The number of nitrogens with one attached hydrogen (secondary N) is 1. The monoisotopic (exact) mass is 370 g/mol. The van der Waals surface area contributed by atoms with Crippen molar-refractivity contribution in [2.75, 3.05) is 31.2 Å². The van der Waals surface area contributed by atoms with E-state index < -0.39 is 0 Å². The molecule has 2 aromatic heterocycles. The van der Waals surface area contributed by atoms with Crippen molar-refractivity contribution in [2.24, 2.45) is 5.92 Å². The molecule has 4 heterocycles. The van der Waals surface area contributed by atoms with Crippen LogP contribution in [0.1, 0.15) is 32.1 Å². The van der Waals surface area contributed by atoms with Gasteiger partial charge in [-0.1, -0.05) is 6.07 Å². The number of piperidine rings is 1. The van der Waals surface area contributed by atoms with Crippen LogP contribution in [-0.4, -0.2) is 47.6 Å². The van der Waals surface area contributed by atoms with Crippen LogP contribution in [0.15, 0.2) is 35.3 Å². The number of aromatic nitrogens is 2. The molecule has 7 heteroatoms. The number of anilines is 1. The Morgan fingerprint density at radius 1 is 1.19 bits per heavy atom. The standard InChI is InChI=1S/C20H26N4O3/c25-19(21-16-6-11-27-12-7-16)13-15-4-9-23(10-5-15)18-14-20(26)24-8-2-1-3-17(24)22-18/h1-3,8,14-16H,4-7,9-13H2,(H,21,25). The molecular weight excluding hydrogens is 344 g/mol. The minimum Gasteiger partial charge on any atom is -0.381 e. The van der Waals surface area contributed by atoms with Gasteiger partial charge in [-0.25, -0.2) is 4.98 Å². The predicted octanol–water partition coefficient (Wildman–Crippen LogP) is 1.60. The molecule has 1 N–H and O–H groups in total. The number of amides is 1. The highest BCUT2D eigenvalue weighted by Crippen LogP contribution is 2.24. The summed E-state index contributed by atoms with van der Waals surface area (Å²) in [5.41, 5.74) is 0.603. The zero-order valence-electron chi connectivity index (χ0n) is 15.5. The van der Waals surface area contributed by atoms with E-state index in [1.165, 1.54) is 0 Å². The Bertz CT molecular complexity index is 852. The van der Waals surface area contributed by atoms with E-state index in [0.717, 1.165) is 57.8 Å². The van der Waals surface area contributed by atoms with Crippen LogP contribution in [0.25, 0.3) is 5.65 Å². The van der Waals surface area contributed by atoms with Crippen LogP contribution in [0, 0.1) is 5.92 Å². The highest BCUT2D eigenvalue weighted by atomic mass is 16.5. The van der Waals surface area contributed by atoms with Crippen LogP contribution in [0.5, 0.6) is 0 Å². The number of fused-ring (bicyclic) bond motifs is 1. The number of hydrogen-bond acceptors (Lipinski definition) is 5. The molecule has 2 aliphatic rings. The van der Waals surface area contributed by atoms with Gasteiger partial charge in [0.15, 0.2) is 0 Å². The lowest BCUT2D eigenvalue weighted by Crippen LogP contribution is -2.41. The first-order valence-electron chi connectivity index (χ1n) is 9.79. The highest BCUT2D eigenvalue weighted by molar-refractivity contribution is 5.76. The number of hydrogen-bond donors (Lipinski definition) is 1. The molecule has 7 nitrogen and oxygen atoms in total. The molecule has 0 spiro atoms. The molecule has 0 aromatic carbocycles. The van der Waals surface area contributed by atoms with Gasteiger partial charge in [0, 0.05) is 51.0 Å². The molecule has 1 amide bonds. The minimum absolute atomic E-state index is 0.0615. The smallest absolute Gasteiger partial charge is 0.259 e. The van der Waals surface area contributed by atoms with Crippen LogP contribution in [0.4, 0.5) is 5.82 Å². The summed E-state index contributed by atoms with van der Waals surface area (Å²) < 4.78 is 6.89. The lowest BCUT2D eigenvalue weighted by Gasteiger charge is -2.33. The van der Waals surface area contributed by atoms with Gasteiger partial charge in [-0.3, -0.25) is 14.0 Å². The maximum atomic E-state index is 12.3. The molecule has 2 aromatic rings. The first kappa shape index (κ1) is 18.0. The van der Waals surface area contributed by atoms with Gasteiger partial charge in [-0.15, -0.1) is 0 Å². The zero-order valence-corrected chi connectivity index (χ0v) is 15.5. The van der Waals surface area contributed by atoms with Gasteiger partial charge in [0.2, 0.25) is 5.91 Å². The van der Waals surface area contributed by atoms with E-state index in [4.69, 9.17) is 4.74 Å². The molecule has 2 saturated heterocycles. The van der Waals surface area contributed by atoms with E-state index in [-0.39, 0.29) is 17.5 Å². The third kappa shape index (κ3) is 4.30. The van der Waals surface area contributed by atoms with Gasteiger partial charge < -0.3 is 15.0 Å². The number of ether oxygens (including phenoxy) is 1. The first-order chi connectivity index (χ1) is 13.2. The van der Waals surface area contributed by atoms with Crippen molar-refractivity contribution < 1.29 is 9.53 Å². The zero-order chi connectivity index (χ0) is 18.6. The molecule has 0 aliphatic carbocycles. The second-order valence-corrected chi connectivity index (χ2v) is 7.47. The van der Waals surface area contributed by atoms with Crippen molar-refractivity contribution in [3.05, 3.63) is 40.8 Å². The molecule has 0 radical (unpaired) electrons. The topological polar surface area (TPSA) is 75.9 Å². The molecule has 0 unspecified atom stereocenters. The lowest BCUT2D eigenvalue weighted by molar-refractivity contribution is -0.123. The Hall–Kier alpha value is -2.41. The van der Waals surface area contributed by atoms with Crippen LogP contribution < -0.4 is 15.8 Å². The second kappa shape index (κ2) is 8.08. The van der Waals surface area contributed by atoms with E-state index in [1.54, 1.807) is 16.7 Å². The fourth-order valence-corrected chi connectivity index (χ4v) is 3.96. The van der Waals surface area contributed by atoms with Crippen LogP contribution in [0.2, 0.25) is 0 Å². The predicted molar refractivity (Wildman–Crippen MR) is 103 cm³/mol. The second-order valence-electron chi connectivity index (χ2n) is 7.47. The number of carbonyl (C=O) groups is 1. The van der Waals surface area contributed by atoms with Crippen LogP contribution in [0.3, 0.4) is 0 Å². The molecule has 27 heavy (non-hydrogen) atoms. The van der Waals surface area contributed by atoms with Crippen molar-refractivity contribution >= 4 is 17.4 Å². The number of nitrogens with zero attached hydrogens (tertiary/aromatic N) is 3. The molecule has 0 saturated carbocycles. The largest absolute Gasteiger partial charge is 0.381 e. The van der Waals surface area contributed by atoms with Crippen molar-refractivity contribution in [3.63, 3.8) is 0 Å². The number of carbonyl (C=O) groups excluding carboxylic acids is 1. The summed E-state index contributed by atoms with van der Waals surface area (Å²) in [5, 5.41) is 3.15. The summed E-state index contributed by atoms with van der Waals surface area (Å²) in [7, 11) is 0. The van der Waals surface area contributed by atoms with Gasteiger partial charge in [0.05, 0.1) is 0 Å². The maximum Gasteiger partial charge on any atom is 0.259 e. The van der Waals surface area contributed by atoms with Crippen molar-refractivity contribution in [1.82, 2.24) is 14.7 Å². The summed E-state index contributed by atoms with van der Waals surface area (Å²) in [6.07, 6.45) is 6.02. The van der Waals surface area contributed by atoms with Crippen molar-refractivity contribution in [3.8, 4) is 0 Å². The van der Waals surface area contributed by atoms with Crippen LogP contribution >= 0.6 is 0 Å². The summed E-state index contributed by atoms with van der Waals surface area (Å²) in [6, 6.07) is 7.42. The summed E-state index contributed by atoms with van der Waals surface area (Å²) >= 11 is 0. The molecule has 4 rings (SSSR count). The van der Waals surface area contributed by atoms with Crippen LogP contribution in [-0.2, 0) is 9.53 Å². The van der Waals surface area contributed by atoms with Crippen molar-refractivity contribution in [1.29, 1.82) is 0 Å². The van der Waals surface area contributed by atoms with E-state index >= 15 is 0 Å². The highest BCUT2D eigenvalue weighted by Gasteiger charge is 2.24. The van der Waals surface area contributed by atoms with Gasteiger partial charge in [-0.2, -0.15) is 0 Å². The minimum atomic E-state index is -0.0615. The first-order valence-corrected chi connectivity index (χ1v) is 9.79. The molecule has 0 atom stereocenters. The SMILES string of the molecule is O=C(CC1CCN(c2cc(=O)n3ccccc3n2)CC1)NC1CCOCC1. The van der Waals surface area contributed by atoms with Crippen molar-refractivity contribution in [2.45, 2.75) is 38.1 Å². The van der Waals surface area contributed by atoms with Gasteiger partial charge in [0.25, 0.3) is 5.56 Å². The van der Waals surface area contributed by atoms with Gasteiger partial charge in [-0.05, 0) is 43.7 Å². The molecule has 0 bridgehead atoms. The average Bonchev–Trinajstić information content (AvgIpc) is 2.69. The summed E-state index contributed by atoms with van der Waals surface area (Å²) in [4.78, 5) is 31.4. The fraction of sp³-hybridized carbons (Fsp3) is 0.550. The Labute approximate surface area is 158 Å². The van der Waals surface area contributed by atoms with Gasteiger partial charge >= 0.3 is 0 Å². The normalized spacial score (nSPS) is 19.3. The average molecular weight is 370 g/mol. The Kier molecular flexibility index (Phi) is 5.38. The van der Waals surface area contributed by atoms with E-state index in [2.05, 4.69) is 15.2 Å². The third-order valence-corrected chi connectivity index (χ3v) is 5.56. The van der Waals surface area contributed by atoms with E-state index in [0.29, 0.717) is 18.0 Å².